The average Bonchev–Trinajstić information content (AvgIpc) is 2.80. The number of halogens is 2. The van der Waals surface area contributed by atoms with Crippen molar-refractivity contribution in [2.75, 3.05) is 7.11 Å². The Balaban J connectivity index is 0. The summed E-state index contributed by atoms with van der Waals surface area (Å²) in [6, 6.07) is 10.3. The van der Waals surface area contributed by atoms with Crippen LogP contribution in [0.1, 0.15) is 24.5 Å². The van der Waals surface area contributed by atoms with Crippen molar-refractivity contribution in [3.63, 3.8) is 0 Å². The minimum Gasteiger partial charge on any atom is -1.00 e. The van der Waals surface area contributed by atoms with E-state index in [0.717, 1.165) is 12.8 Å². The van der Waals surface area contributed by atoms with Gasteiger partial charge in [0.25, 0.3) is 0 Å². The molecule has 1 nitrogen and oxygen atoms in total. The SMILES string of the molecule is COC(CC1=[C-]CC=C1)c1ccccc1.[Cl-].[Cl-].[Ti+3]. The Hall–Kier alpha value is -0.0457. The first-order chi connectivity index (χ1) is 7.40. The third-order valence-electron chi connectivity index (χ3n) is 2.63. The van der Waals surface area contributed by atoms with Crippen LogP contribution in [0.3, 0.4) is 0 Å². The van der Waals surface area contributed by atoms with Crippen LogP contribution in [0.4, 0.5) is 0 Å². The first-order valence-corrected chi connectivity index (χ1v) is 5.24. The minimum absolute atomic E-state index is 0. The fourth-order valence-corrected chi connectivity index (χ4v) is 1.80. The molecular weight excluding hydrogens is 303 g/mol. The van der Waals surface area contributed by atoms with Crippen molar-refractivity contribution in [2.24, 2.45) is 0 Å². The van der Waals surface area contributed by atoms with Crippen LogP contribution in [-0.4, -0.2) is 7.11 Å². The van der Waals surface area contributed by atoms with Crippen molar-refractivity contribution < 1.29 is 51.3 Å². The molecule has 0 fully saturated rings. The number of methoxy groups -OCH3 is 1. The number of rotatable bonds is 4. The van der Waals surface area contributed by atoms with E-state index in [0.29, 0.717) is 0 Å². The molecule has 0 amide bonds. The van der Waals surface area contributed by atoms with Gasteiger partial charge in [0.05, 0.1) is 6.10 Å². The second kappa shape index (κ2) is 10.8. The first-order valence-electron chi connectivity index (χ1n) is 5.24. The van der Waals surface area contributed by atoms with Crippen molar-refractivity contribution in [1.29, 1.82) is 0 Å². The molecule has 0 spiro atoms. The molecule has 18 heavy (non-hydrogen) atoms. The fourth-order valence-electron chi connectivity index (χ4n) is 1.80. The van der Waals surface area contributed by atoms with E-state index in [9.17, 15) is 0 Å². The van der Waals surface area contributed by atoms with Gasteiger partial charge in [0.2, 0.25) is 0 Å². The van der Waals surface area contributed by atoms with Gasteiger partial charge in [0, 0.05) is 7.11 Å². The summed E-state index contributed by atoms with van der Waals surface area (Å²) >= 11 is 0. The molecule has 1 aliphatic rings. The maximum atomic E-state index is 5.50. The molecule has 0 saturated heterocycles. The van der Waals surface area contributed by atoms with Gasteiger partial charge in [0.15, 0.2) is 0 Å². The van der Waals surface area contributed by atoms with Gasteiger partial charge >= 0.3 is 21.7 Å². The largest absolute Gasteiger partial charge is 3.00 e. The summed E-state index contributed by atoms with van der Waals surface area (Å²) < 4.78 is 5.50. The number of hydrogen-bond donors (Lipinski definition) is 0. The van der Waals surface area contributed by atoms with E-state index >= 15 is 0 Å². The van der Waals surface area contributed by atoms with Crippen LogP contribution in [0.15, 0.2) is 48.1 Å². The summed E-state index contributed by atoms with van der Waals surface area (Å²) in [5.74, 6) is 0. The van der Waals surface area contributed by atoms with Gasteiger partial charge in [-0.05, 0) is 12.0 Å². The quantitative estimate of drug-likeness (QED) is 0.439. The molecule has 95 valence electrons. The summed E-state index contributed by atoms with van der Waals surface area (Å²) in [6.45, 7) is 0. The zero-order chi connectivity index (χ0) is 10.5. The summed E-state index contributed by atoms with van der Waals surface area (Å²) in [7, 11) is 1.76. The monoisotopic (exact) mass is 317 g/mol. The normalized spacial score (nSPS) is 13.7. The molecule has 1 unspecified atom stereocenters. The molecular formula is C14H15Cl2OTi. The summed E-state index contributed by atoms with van der Waals surface area (Å²) in [5.41, 5.74) is 2.49. The molecule has 0 aliphatic heterocycles. The Morgan fingerprint density at radius 3 is 2.39 bits per heavy atom. The van der Waals surface area contributed by atoms with E-state index in [2.05, 4.69) is 30.4 Å². The summed E-state index contributed by atoms with van der Waals surface area (Å²) in [4.78, 5) is 0. The molecule has 4 heteroatoms. The smallest absolute Gasteiger partial charge is 1.00 e. The van der Waals surface area contributed by atoms with Crippen LogP contribution >= 0.6 is 0 Å². The number of hydrogen-bond acceptors (Lipinski definition) is 1. The zero-order valence-electron chi connectivity index (χ0n) is 10.2. The van der Waals surface area contributed by atoms with Crippen molar-refractivity contribution in [1.82, 2.24) is 0 Å². The molecule has 1 aliphatic carbocycles. The van der Waals surface area contributed by atoms with Crippen LogP contribution in [-0.2, 0) is 26.5 Å². The molecule has 1 aromatic carbocycles. The maximum absolute atomic E-state index is 5.50. The molecule has 0 heterocycles. The van der Waals surface area contributed by atoms with Gasteiger partial charge in [-0.15, -0.1) is 6.42 Å². The minimum atomic E-state index is 0. The van der Waals surface area contributed by atoms with Gasteiger partial charge in [-0.2, -0.15) is 6.08 Å². The van der Waals surface area contributed by atoms with Gasteiger partial charge < -0.3 is 29.6 Å². The van der Waals surface area contributed by atoms with Crippen molar-refractivity contribution in [2.45, 2.75) is 18.9 Å². The van der Waals surface area contributed by atoms with Crippen LogP contribution < -0.4 is 24.8 Å². The summed E-state index contributed by atoms with van der Waals surface area (Å²) in [6.07, 6.45) is 9.59. The van der Waals surface area contributed by atoms with E-state index in [1.54, 1.807) is 7.11 Å². The number of allylic oxidation sites excluding steroid dienone is 3. The van der Waals surface area contributed by atoms with Crippen molar-refractivity contribution in [3.05, 3.63) is 59.7 Å². The maximum Gasteiger partial charge on any atom is 3.00 e. The van der Waals surface area contributed by atoms with Crippen molar-refractivity contribution in [3.8, 4) is 0 Å². The number of benzene rings is 1. The number of ether oxygens (including phenoxy) is 1. The topological polar surface area (TPSA) is 9.23 Å². The molecule has 1 aromatic rings. The molecule has 1 radical (unpaired) electrons. The third-order valence-corrected chi connectivity index (χ3v) is 2.63. The Morgan fingerprint density at radius 2 is 1.89 bits per heavy atom. The Morgan fingerprint density at radius 1 is 1.22 bits per heavy atom. The van der Waals surface area contributed by atoms with Gasteiger partial charge in [-0.25, -0.2) is 11.6 Å². The standard InChI is InChI=1S/C14H15O.2ClH.Ti/c1-15-14(11-12-7-5-6-8-12)13-9-3-2-4-10-13;;;/h2-5,7,9-10,14H,6,11H2,1H3;2*1H;/q-1;;;+3/p-2. The first kappa shape index (κ1) is 20.3. The van der Waals surface area contributed by atoms with Crippen LogP contribution in [0.5, 0.6) is 0 Å². The molecule has 0 N–H and O–H groups in total. The van der Waals surface area contributed by atoms with E-state index < -0.39 is 0 Å². The Kier molecular flexibility index (Phi) is 12.2. The zero-order valence-corrected chi connectivity index (χ0v) is 13.3. The van der Waals surface area contributed by atoms with E-state index in [4.69, 9.17) is 4.74 Å². The molecule has 1 atom stereocenters. The van der Waals surface area contributed by atoms with Crippen molar-refractivity contribution >= 4 is 0 Å². The van der Waals surface area contributed by atoms with E-state index in [1.165, 1.54) is 11.1 Å². The van der Waals surface area contributed by atoms with Crippen LogP contribution in [0.2, 0.25) is 0 Å². The van der Waals surface area contributed by atoms with Gasteiger partial charge in [0.1, 0.15) is 0 Å². The van der Waals surface area contributed by atoms with E-state index in [-0.39, 0.29) is 52.6 Å². The average molecular weight is 318 g/mol. The molecule has 2 rings (SSSR count). The van der Waals surface area contributed by atoms with Crippen LogP contribution in [0.25, 0.3) is 0 Å². The second-order valence-electron chi connectivity index (χ2n) is 3.65. The molecule has 0 saturated carbocycles. The second-order valence-corrected chi connectivity index (χ2v) is 3.65. The van der Waals surface area contributed by atoms with Gasteiger partial charge in [-0.3, -0.25) is 6.08 Å². The van der Waals surface area contributed by atoms with Gasteiger partial charge in [-0.1, -0.05) is 30.3 Å². The Labute approximate surface area is 136 Å². The fraction of sp³-hybridized carbons (Fsp3) is 0.286. The predicted molar refractivity (Wildman–Crippen MR) is 61.3 cm³/mol. The van der Waals surface area contributed by atoms with Crippen LogP contribution in [0, 0.1) is 6.08 Å². The summed E-state index contributed by atoms with van der Waals surface area (Å²) in [5, 5.41) is 0. The molecule has 0 aromatic heterocycles. The molecule has 0 bridgehead atoms. The third kappa shape index (κ3) is 5.73. The van der Waals surface area contributed by atoms with E-state index in [1.807, 2.05) is 18.2 Å². The predicted octanol–water partition coefficient (Wildman–Crippen LogP) is -2.54. The Bertz CT molecular complexity index is 377.